The van der Waals surface area contributed by atoms with E-state index < -0.39 is 5.41 Å². The van der Waals surface area contributed by atoms with Crippen molar-refractivity contribution in [3.05, 3.63) is 30.3 Å². The van der Waals surface area contributed by atoms with E-state index in [9.17, 15) is 4.79 Å². The van der Waals surface area contributed by atoms with Crippen LogP contribution in [-0.2, 0) is 9.53 Å². The van der Waals surface area contributed by atoms with Crippen LogP contribution < -0.4 is 4.74 Å². The van der Waals surface area contributed by atoms with Crippen LogP contribution in [0.25, 0.3) is 0 Å². The van der Waals surface area contributed by atoms with Gasteiger partial charge in [0.25, 0.3) is 0 Å². The Morgan fingerprint density at radius 1 is 1.20 bits per heavy atom. The van der Waals surface area contributed by atoms with Crippen LogP contribution in [0.2, 0.25) is 0 Å². The minimum atomic E-state index is -0.486. The first-order valence-electron chi connectivity index (χ1n) is 4.85. The molecule has 0 aromatic heterocycles. The van der Waals surface area contributed by atoms with E-state index in [4.69, 9.17) is 9.47 Å². The number of ether oxygens (including phenoxy) is 2. The summed E-state index contributed by atoms with van der Waals surface area (Å²) in [5.74, 6) is 0.428. The van der Waals surface area contributed by atoms with Gasteiger partial charge in [0.15, 0.2) is 0 Å². The first-order valence-corrected chi connectivity index (χ1v) is 4.85. The molecule has 0 radical (unpaired) electrons. The molecule has 15 heavy (non-hydrogen) atoms. The zero-order chi connectivity index (χ0) is 11.3. The molecule has 0 unspecified atom stereocenters. The summed E-state index contributed by atoms with van der Waals surface area (Å²) >= 11 is 0. The second kappa shape index (κ2) is 4.82. The Morgan fingerprint density at radius 3 is 2.33 bits per heavy atom. The first-order chi connectivity index (χ1) is 7.00. The summed E-state index contributed by atoms with van der Waals surface area (Å²) in [7, 11) is 0. The lowest BCUT2D eigenvalue weighted by Gasteiger charge is -2.16. The van der Waals surface area contributed by atoms with Crippen molar-refractivity contribution in [3.63, 3.8) is 0 Å². The summed E-state index contributed by atoms with van der Waals surface area (Å²) in [6, 6.07) is 9.24. The van der Waals surface area contributed by atoms with Crippen molar-refractivity contribution in [2.75, 3.05) is 6.79 Å². The lowest BCUT2D eigenvalue weighted by atomic mass is 9.98. The van der Waals surface area contributed by atoms with Crippen LogP contribution in [0.15, 0.2) is 30.3 Å². The van der Waals surface area contributed by atoms with Crippen molar-refractivity contribution in [2.24, 2.45) is 5.41 Å². The topological polar surface area (TPSA) is 35.5 Å². The fraction of sp³-hybridized carbons (Fsp3) is 0.417. The van der Waals surface area contributed by atoms with Crippen LogP contribution in [0, 0.1) is 5.41 Å². The molecule has 0 heterocycles. The van der Waals surface area contributed by atoms with Crippen molar-refractivity contribution in [1.29, 1.82) is 0 Å². The summed E-state index contributed by atoms with van der Waals surface area (Å²) < 4.78 is 10.2. The summed E-state index contributed by atoms with van der Waals surface area (Å²) in [5, 5.41) is 0. The molecule has 3 nitrogen and oxygen atoms in total. The quantitative estimate of drug-likeness (QED) is 0.565. The van der Waals surface area contributed by atoms with Crippen molar-refractivity contribution in [2.45, 2.75) is 20.8 Å². The maximum atomic E-state index is 11.4. The summed E-state index contributed by atoms with van der Waals surface area (Å²) in [6.07, 6.45) is 0. The Bertz CT molecular complexity index is 311. The number of hydrogen-bond donors (Lipinski definition) is 0. The van der Waals surface area contributed by atoms with Crippen LogP contribution in [-0.4, -0.2) is 12.8 Å². The number of carbonyl (C=O) groups excluding carboxylic acids is 1. The van der Waals surface area contributed by atoms with Gasteiger partial charge in [-0.2, -0.15) is 0 Å². The molecule has 1 rings (SSSR count). The third-order valence-electron chi connectivity index (χ3n) is 1.77. The molecule has 1 aromatic rings. The fourth-order valence-electron chi connectivity index (χ4n) is 0.884. The highest BCUT2D eigenvalue weighted by Gasteiger charge is 2.22. The molecule has 3 heteroatoms. The molecule has 0 aliphatic carbocycles. The average Bonchev–Trinajstić information content (AvgIpc) is 2.18. The molecular formula is C12H16O3. The van der Waals surface area contributed by atoms with E-state index in [2.05, 4.69) is 0 Å². The van der Waals surface area contributed by atoms with Gasteiger partial charge in [-0.3, -0.25) is 4.79 Å². The Balaban J connectivity index is 2.32. The van der Waals surface area contributed by atoms with Gasteiger partial charge in [-0.1, -0.05) is 18.2 Å². The molecule has 82 valence electrons. The molecule has 0 atom stereocenters. The molecule has 0 fully saturated rings. The zero-order valence-electron chi connectivity index (χ0n) is 9.32. The van der Waals surface area contributed by atoms with E-state index in [1.807, 2.05) is 30.3 Å². The number of rotatable bonds is 3. The van der Waals surface area contributed by atoms with Crippen molar-refractivity contribution >= 4 is 5.97 Å². The summed E-state index contributed by atoms with van der Waals surface area (Å²) in [6.45, 7) is 5.37. The van der Waals surface area contributed by atoms with E-state index in [1.165, 1.54) is 0 Å². The summed E-state index contributed by atoms with van der Waals surface area (Å²) in [4.78, 5) is 11.4. The van der Waals surface area contributed by atoms with Gasteiger partial charge in [0.1, 0.15) is 5.75 Å². The highest BCUT2D eigenvalue weighted by atomic mass is 16.7. The standard InChI is InChI=1S/C12H16O3/c1-12(2,3)11(13)15-9-14-10-7-5-4-6-8-10/h4-8H,9H2,1-3H3. The van der Waals surface area contributed by atoms with Gasteiger partial charge < -0.3 is 9.47 Å². The number of hydrogen-bond acceptors (Lipinski definition) is 3. The van der Waals surface area contributed by atoms with Crippen LogP contribution in [0.5, 0.6) is 5.75 Å². The molecule has 0 saturated carbocycles. The van der Waals surface area contributed by atoms with E-state index in [0.717, 1.165) is 0 Å². The van der Waals surface area contributed by atoms with E-state index in [1.54, 1.807) is 20.8 Å². The molecule has 0 amide bonds. The minimum Gasteiger partial charge on any atom is -0.457 e. The zero-order valence-corrected chi connectivity index (χ0v) is 9.32. The monoisotopic (exact) mass is 208 g/mol. The van der Waals surface area contributed by atoms with Crippen molar-refractivity contribution in [3.8, 4) is 5.75 Å². The molecule has 0 bridgehead atoms. The largest absolute Gasteiger partial charge is 0.457 e. The Labute approximate surface area is 90.0 Å². The van der Waals surface area contributed by atoms with Gasteiger partial charge in [0, 0.05) is 0 Å². The first kappa shape index (κ1) is 11.6. The van der Waals surface area contributed by atoms with Gasteiger partial charge in [-0.25, -0.2) is 0 Å². The average molecular weight is 208 g/mol. The van der Waals surface area contributed by atoms with Crippen LogP contribution >= 0.6 is 0 Å². The predicted molar refractivity (Wildman–Crippen MR) is 57.5 cm³/mol. The molecule has 0 N–H and O–H groups in total. The van der Waals surface area contributed by atoms with E-state index in [-0.39, 0.29) is 12.8 Å². The third kappa shape index (κ3) is 4.02. The SMILES string of the molecule is CC(C)(C)C(=O)OCOc1ccccc1. The third-order valence-corrected chi connectivity index (χ3v) is 1.77. The number of para-hydroxylation sites is 1. The van der Waals surface area contributed by atoms with Crippen LogP contribution in [0.1, 0.15) is 20.8 Å². The van der Waals surface area contributed by atoms with Gasteiger partial charge >= 0.3 is 5.97 Å². The van der Waals surface area contributed by atoms with Gasteiger partial charge in [0.2, 0.25) is 6.79 Å². The highest BCUT2D eigenvalue weighted by Crippen LogP contribution is 2.15. The van der Waals surface area contributed by atoms with Crippen molar-refractivity contribution in [1.82, 2.24) is 0 Å². The molecule has 0 spiro atoms. The molecule has 0 aliphatic rings. The second-order valence-corrected chi connectivity index (χ2v) is 4.26. The number of esters is 1. The lowest BCUT2D eigenvalue weighted by molar-refractivity contribution is -0.159. The van der Waals surface area contributed by atoms with E-state index >= 15 is 0 Å². The van der Waals surface area contributed by atoms with E-state index in [0.29, 0.717) is 5.75 Å². The molecular weight excluding hydrogens is 192 g/mol. The predicted octanol–water partition coefficient (Wildman–Crippen LogP) is 2.61. The normalized spacial score (nSPS) is 10.9. The van der Waals surface area contributed by atoms with Gasteiger partial charge in [-0.05, 0) is 32.9 Å². The minimum absolute atomic E-state index is 0.0416. The second-order valence-electron chi connectivity index (χ2n) is 4.26. The maximum Gasteiger partial charge on any atom is 0.314 e. The fourth-order valence-corrected chi connectivity index (χ4v) is 0.884. The van der Waals surface area contributed by atoms with Crippen LogP contribution in [0.4, 0.5) is 0 Å². The Kier molecular flexibility index (Phi) is 3.72. The van der Waals surface area contributed by atoms with Gasteiger partial charge in [0.05, 0.1) is 5.41 Å². The van der Waals surface area contributed by atoms with Crippen molar-refractivity contribution < 1.29 is 14.3 Å². The lowest BCUT2D eigenvalue weighted by Crippen LogP contribution is -2.24. The Morgan fingerprint density at radius 2 is 1.80 bits per heavy atom. The molecule has 1 aromatic carbocycles. The highest BCUT2D eigenvalue weighted by molar-refractivity contribution is 5.75. The Hall–Kier alpha value is -1.51. The number of carbonyl (C=O) groups is 1. The molecule has 0 saturated heterocycles. The molecule has 0 aliphatic heterocycles. The van der Waals surface area contributed by atoms with Gasteiger partial charge in [-0.15, -0.1) is 0 Å². The maximum absolute atomic E-state index is 11.4. The smallest absolute Gasteiger partial charge is 0.314 e. The number of benzene rings is 1. The summed E-state index contributed by atoms with van der Waals surface area (Å²) in [5.41, 5.74) is -0.486. The van der Waals surface area contributed by atoms with Crippen LogP contribution in [0.3, 0.4) is 0 Å².